The number of aromatic nitrogens is 5. The lowest BCUT2D eigenvalue weighted by molar-refractivity contribution is 0.102. The standard InChI is InChI=1S/C31H29ClN6O5S2/c32-24-9-11-25(12-10-24)45(40,41)14-2-4-20-6-13-28(42-18-29-35-37-38-36-29)26(16-20)33-30(39)23-5-1-3-21(15-23)17-43-31-34-27(19-44-31)22-7-8-22/h1,3,5-6,9-13,15-16,19,22H,2,4,7-8,14,17-18H2,(H,33,39)(H,35,36,37,38). The average molecular weight is 665 g/mol. The summed E-state index contributed by atoms with van der Waals surface area (Å²) in [5.41, 5.74) is 3.62. The van der Waals surface area contributed by atoms with Gasteiger partial charge in [-0.15, -0.1) is 10.2 Å². The molecule has 0 spiro atoms. The first-order chi connectivity index (χ1) is 21.8. The second-order valence-corrected chi connectivity index (χ2v) is 13.9. The van der Waals surface area contributed by atoms with Crippen molar-refractivity contribution in [1.82, 2.24) is 25.6 Å². The average Bonchev–Trinajstić information content (AvgIpc) is 3.54. The van der Waals surface area contributed by atoms with E-state index in [0.717, 1.165) is 16.8 Å². The molecule has 0 saturated heterocycles. The summed E-state index contributed by atoms with van der Waals surface area (Å²) in [7, 11) is -3.47. The predicted octanol–water partition coefficient (Wildman–Crippen LogP) is 6.00. The van der Waals surface area contributed by atoms with Crippen LogP contribution < -0.4 is 14.8 Å². The quantitative estimate of drug-likeness (QED) is 0.146. The van der Waals surface area contributed by atoms with E-state index in [9.17, 15) is 13.2 Å². The van der Waals surface area contributed by atoms with Crippen LogP contribution in [0.5, 0.6) is 10.9 Å². The highest BCUT2D eigenvalue weighted by Crippen LogP contribution is 2.41. The van der Waals surface area contributed by atoms with Crippen LogP contribution in [0.25, 0.3) is 0 Å². The number of aryl methyl sites for hydroxylation is 1. The van der Waals surface area contributed by atoms with Gasteiger partial charge in [0.2, 0.25) is 5.82 Å². The van der Waals surface area contributed by atoms with Gasteiger partial charge in [-0.2, -0.15) is 5.21 Å². The molecule has 2 aromatic heterocycles. The van der Waals surface area contributed by atoms with Crippen molar-refractivity contribution in [1.29, 1.82) is 0 Å². The van der Waals surface area contributed by atoms with Crippen LogP contribution in [0.1, 0.15) is 58.2 Å². The van der Waals surface area contributed by atoms with Crippen LogP contribution in [0.2, 0.25) is 5.02 Å². The van der Waals surface area contributed by atoms with Crippen LogP contribution >= 0.6 is 22.9 Å². The van der Waals surface area contributed by atoms with E-state index in [1.54, 1.807) is 42.5 Å². The van der Waals surface area contributed by atoms with E-state index in [1.807, 2.05) is 17.5 Å². The van der Waals surface area contributed by atoms with Gasteiger partial charge < -0.3 is 14.8 Å². The SMILES string of the molecule is O=C(Nc1cc(CCCS(=O)(=O)c2ccc(Cl)cc2)ccc1OCc1nn[nH]n1)c1cccc(COc2nc(C3CC3)cs2)c1. The molecular formula is C31H29ClN6O5S2. The number of carbonyl (C=O) groups excluding carboxylic acids is 1. The molecule has 5 aromatic rings. The molecule has 2 heterocycles. The zero-order valence-electron chi connectivity index (χ0n) is 24.0. The molecule has 2 N–H and O–H groups in total. The minimum atomic E-state index is -3.47. The number of H-pyrrole nitrogens is 1. The number of hydrogen-bond donors (Lipinski definition) is 2. The highest BCUT2D eigenvalue weighted by Gasteiger charge is 2.26. The maximum Gasteiger partial charge on any atom is 0.273 e. The molecular weight excluding hydrogens is 636 g/mol. The van der Waals surface area contributed by atoms with Gasteiger partial charge in [0.1, 0.15) is 12.4 Å². The lowest BCUT2D eigenvalue weighted by Crippen LogP contribution is -2.14. The van der Waals surface area contributed by atoms with Crippen molar-refractivity contribution in [2.75, 3.05) is 11.1 Å². The summed E-state index contributed by atoms with van der Waals surface area (Å²) in [6, 6.07) is 18.7. The Balaban J connectivity index is 1.13. The summed E-state index contributed by atoms with van der Waals surface area (Å²) in [6.45, 7) is 0.316. The first kappa shape index (κ1) is 30.7. The smallest absolute Gasteiger partial charge is 0.273 e. The number of rotatable bonds is 14. The number of benzene rings is 3. The van der Waals surface area contributed by atoms with Gasteiger partial charge in [-0.1, -0.05) is 46.4 Å². The van der Waals surface area contributed by atoms with Crippen molar-refractivity contribution >= 4 is 44.4 Å². The van der Waals surface area contributed by atoms with E-state index in [4.69, 9.17) is 21.1 Å². The number of halogens is 1. The molecule has 1 aliphatic rings. The number of amides is 1. The number of ether oxygens (including phenoxy) is 2. The summed E-state index contributed by atoms with van der Waals surface area (Å²) in [6.07, 6.45) is 3.20. The summed E-state index contributed by atoms with van der Waals surface area (Å²) < 4.78 is 37.4. The molecule has 1 saturated carbocycles. The Kier molecular flexibility index (Phi) is 9.38. The third-order valence-corrected chi connectivity index (χ3v) is 9.98. The molecule has 1 fully saturated rings. The highest BCUT2D eigenvalue weighted by molar-refractivity contribution is 7.91. The number of nitrogens with one attached hydrogen (secondary N) is 2. The number of carbonyl (C=O) groups is 1. The zero-order chi connectivity index (χ0) is 31.2. The van der Waals surface area contributed by atoms with Gasteiger partial charge in [0, 0.05) is 21.9 Å². The lowest BCUT2D eigenvalue weighted by Gasteiger charge is -2.14. The summed E-state index contributed by atoms with van der Waals surface area (Å²) in [5, 5.41) is 19.8. The molecule has 0 radical (unpaired) electrons. The highest BCUT2D eigenvalue weighted by atomic mass is 35.5. The van der Waals surface area contributed by atoms with Gasteiger partial charge in [-0.25, -0.2) is 13.4 Å². The van der Waals surface area contributed by atoms with Gasteiger partial charge in [-0.3, -0.25) is 4.79 Å². The summed E-state index contributed by atoms with van der Waals surface area (Å²) >= 11 is 7.38. The van der Waals surface area contributed by atoms with Gasteiger partial charge >= 0.3 is 0 Å². The monoisotopic (exact) mass is 664 g/mol. The van der Waals surface area contributed by atoms with Crippen LogP contribution in [0, 0.1) is 0 Å². The van der Waals surface area contributed by atoms with Crippen molar-refractivity contribution in [2.24, 2.45) is 0 Å². The molecule has 11 nitrogen and oxygen atoms in total. The van der Waals surface area contributed by atoms with Crippen molar-refractivity contribution in [3.05, 3.63) is 105 Å². The molecule has 6 rings (SSSR count). The van der Waals surface area contributed by atoms with Gasteiger partial charge in [0.15, 0.2) is 16.4 Å². The van der Waals surface area contributed by atoms with E-state index >= 15 is 0 Å². The van der Waals surface area contributed by atoms with Crippen molar-refractivity contribution in [3.8, 4) is 10.9 Å². The van der Waals surface area contributed by atoms with Crippen LogP contribution in [0.15, 0.2) is 77.0 Å². The molecule has 0 aliphatic heterocycles. The summed E-state index contributed by atoms with van der Waals surface area (Å²) in [5.74, 6) is 0.937. The maximum absolute atomic E-state index is 13.4. The molecule has 45 heavy (non-hydrogen) atoms. The van der Waals surface area contributed by atoms with Crippen LogP contribution in [-0.2, 0) is 29.5 Å². The Labute approximate surface area is 268 Å². The molecule has 232 valence electrons. The molecule has 0 bridgehead atoms. The lowest BCUT2D eigenvalue weighted by atomic mass is 10.1. The second-order valence-electron chi connectivity index (χ2n) is 10.6. The molecule has 0 unspecified atom stereocenters. The zero-order valence-corrected chi connectivity index (χ0v) is 26.4. The molecule has 14 heteroatoms. The van der Waals surface area contributed by atoms with E-state index in [0.29, 0.717) is 51.8 Å². The van der Waals surface area contributed by atoms with E-state index < -0.39 is 9.84 Å². The normalized spacial score (nSPS) is 13.0. The first-order valence-corrected chi connectivity index (χ1v) is 17.2. The first-order valence-electron chi connectivity index (χ1n) is 14.3. The number of nitrogens with zero attached hydrogens (tertiary/aromatic N) is 4. The van der Waals surface area contributed by atoms with Crippen LogP contribution in [0.3, 0.4) is 0 Å². The maximum atomic E-state index is 13.4. The number of anilines is 1. The van der Waals surface area contributed by atoms with Gasteiger partial charge in [0.05, 0.1) is 22.0 Å². The number of tetrazole rings is 1. The van der Waals surface area contributed by atoms with E-state index in [1.165, 1.54) is 36.3 Å². The Hall–Kier alpha value is -4.33. The number of aromatic amines is 1. The molecule has 1 amide bonds. The fourth-order valence-electron chi connectivity index (χ4n) is 4.61. The number of thiazole rings is 1. The Morgan fingerprint density at radius 1 is 1.02 bits per heavy atom. The molecule has 1 aliphatic carbocycles. The van der Waals surface area contributed by atoms with Gasteiger partial charge in [-0.05, 0) is 85.3 Å². The molecule has 0 atom stereocenters. The minimum absolute atomic E-state index is 0.0318. The van der Waals surface area contributed by atoms with Crippen LogP contribution in [0.4, 0.5) is 5.69 Å². The van der Waals surface area contributed by atoms with Crippen molar-refractivity contribution < 1.29 is 22.7 Å². The predicted molar refractivity (Wildman–Crippen MR) is 170 cm³/mol. The second kappa shape index (κ2) is 13.8. The Morgan fingerprint density at radius 3 is 2.64 bits per heavy atom. The molecule has 3 aromatic carbocycles. The fourth-order valence-corrected chi connectivity index (χ4v) is 6.80. The number of hydrogen-bond acceptors (Lipinski definition) is 10. The number of sulfone groups is 1. The minimum Gasteiger partial charge on any atom is -0.483 e. The summed E-state index contributed by atoms with van der Waals surface area (Å²) in [4.78, 5) is 18.2. The largest absolute Gasteiger partial charge is 0.483 e. The van der Waals surface area contributed by atoms with Crippen LogP contribution in [-0.4, -0.2) is 45.7 Å². The fraction of sp³-hybridized carbons (Fsp3) is 0.258. The van der Waals surface area contributed by atoms with Gasteiger partial charge in [0.25, 0.3) is 11.1 Å². The third-order valence-electron chi connectivity index (χ3n) is 7.14. The Morgan fingerprint density at radius 2 is 1.87 bits per heavy atom. The van der Waals surface area contributed by atoms with E-state index in [-0.39, 0.29) is 29.8 Å². The van der Waals surface area contributed by atoms with Crippen molar-refractivity contribution in [3.63, 3.8) is 0 Å². The van der Waals surface area contributed by atoms with Crippen molar-refractivity contribution in [2.45, 2.75) is 49.7 Å². The van der Waals surface area contributed by atoms with E-state index in [2.05, 4.69) is 30.9 Å². The topological polar surface area (TPSA) is 149 Å². The third kappa shape index (κ3) is 8.24. The Bertz CT molecular complexity index is 1880.